The molecule has 0 radical (unpaired) electrons. The molecule has 26 nitrogen and oxygen atoms in total. The molecule has 0 aliphatic carbocycles. The number of likely N-dealkylation sites (tertiary alicyclic amines) is 1. The van der Waals surface area contributed by atoms with E-state index in [4.69, 9.17) is 9.47 Å². The Kier molecular flexibility index (Phi) is 31.9. The Balaban J connectivity index is 1.52. The number of carbonyl (C=O) groups excluding carboxylic acids is 11. The van der Waals surface area contributed by atoms with Crippen molar-refractivity contribution in [1.82, 2.24) is 60.9 Å². The largest absolute Gasteiger partial charge is 0.391 e. The number of hydrogen-bond donors (Lipinski definition) is 6. The first kappa shape index (κ1) is 84.4. The van der Waals surface area contributed by atoms with E-state index in [1.54, 1.807) is 82.1 Å². The summed E-state index contributed by atoms with van der Waals surface area (Å²) in [4.78, 5) is 178. The van der Waals surface area contributed by atoms with Crippen LogP contribution in [0.3, 0.4) is 0 Å². The van der Waals surface area contributed by atoms with Crippen molar-refractivity contribution < 1.29 is 67.3 Å². The minimum atomic E-state index is -1.66. The maximum atomic E-state index is 15.7. The number of benzene rings is 2. The normalized spacial score (nSPS) is 27.2. The van der Waals surface area contributed by atoms with E-state index in [0.717, 1.165) is 24.2 Å². The summed E-state index contributed by atoms with van der Waals surface area (Å²) in [6.07, 6.45) is -0.156. The third-order valence-corrected chi connectivity index (χ3v) is 19.9. The van der Waals surface area contributed by atoms with Crippen LogP contribution in [0, 0.1) is 23.7 Å². The summed E-state index contributed by atoms with van der Waals surface area (Å²) in [5.74, 6) is -7.81. The number of piperidine rings is 1. The maximum Gasteiger partial charge on any atom is 0.248 e. The van der Waals surface area contributed by atoms with Crippen molar-refractivity contribution in [3.63, 3.8) is 0 Å². The molecule has 4 heterocycles. The summed E-state index contributed by atoms with van der Waals surface area (Å²) in [5, 5.41) is 26.6. The number of rotatable bonds is 18. The van der Waals surface area contributed by atoms with Crippen LogP contribution in [0.15, 0.2) is 60.7 Å². The zero-order chi connectivity index (χ0) is 76.3. The third kappa shape index (κ3) is 24.0. The molecule has 4 aliphatic heterocycles. The first-order chi connectivity index (χ1) is 48.5. The van der Waals surface area contributed by atoms with Crippen molar-refractivity contribution in [3.8, 4) is 0 Å². The van der Waals surface area contributed by atoms with Crippen LogP contribution in [0.2, 0.25) is 0 Å². The van der Waals surface area contributed by atoms with Crippen molar-refractivity contribution in [3.05, 3.63) is 71.8 Å². The smallest absolute Gasteiger partial charge is 0.248 e. The van der Waals surface area contributed by atoms with E-state index in [-0.39, 0.29) is 101 Å². The third-order valence-electron chi connectivity index (χ3n) is 19.9. The lowest BCUT2D eigenvalue weighted by Crippen LogP contribution is -2.63. The Morgan fingerprint density at radius 3 is 1.61 bits per heavy atom. The Morgan fingerprint density at radius 1 is 0.534 bits per heavy atom. The van der Waals surface area contributed by atoms with Crippen LogP contribution in [-0.4, -0.2) is 256 Å². The predicted octanol–water partition coefficient (Wildman–Crippen LogP) is 4.43. The van der Waals surface area contributed by atoms with Crippen molar-refractivity contribution in [2.24, 2.45) is 23.7 Å². The second kappa shape index (κ2) is 39.0. The van der Waals surface area contributed by atoms with Crippen LogP contribution in [0.4, 0.5) is 0 Å². The summed E-state index contributed by atoms with van der Waals surface area (Å²) in [5.41, 5.74) is 0.489. The standard InChI is InChI=1S/C77H122N12O14/c1-18-102-54-43-61-69(94)81-58(46-103-77(11,12)13)71(96)84(15)62(38-48(4)5)74(99)85(16)63(39-49(6)7)75(100)88-36-28-33-59(88)67(92)82-66(51(10)90)76(101)83(14)60(42-53-31-24-20-25-32-53)68(93)80-56(41-52-29-22-19-23-30-52)70(95)86(17)64(40-50(8)9)78-57(72(97)87-34-26-21-27-35-87)44-65(91)79-55(37-47(2)3)73(98)89(61)45-54/h19-20,22-25,29-32,47-51,54-64,66,78,90H,18,21,26-28,33-46H2,1-17H3,(H,79,91)(H,80,93)(H,81,94)(H,82,92)/t51-,54-,55-,56+,57+,58+,59+,60+,61+,62+,63+,64+,66+/m1/s1. The molecule has 6 N–H and O–H groups in total. The molecule has 13 atom stereocenters. The number of aliphatic hydroxyl groups is 1. The fourth-order valence-electron chi connectivity index (χ4n) is 14.3. The summed E-state index contributed by atoms with van der Waals surface area (Å²) in [7, 11) is 5.89. The highest BCUT2D eigenvalue weighted by molar-refractivity contribution is 5.99. The van der Waals surface area contributed by atoms with E-state index in [1.807, 2.05) is 73.6 Å². The predicted molar refractivity (Wildman–Crippen MR) is 392 cm³/mol. The molecular weight excluding hydrogens is 1320 g/mol. The average Bonchev–Trinajstić information content (AvgIpc) is 1.77. The molecule has 11 amide bonds. The van der Waals surface area contributed by atoms with E-state index in [2.05, 4.69) is 26.6 Å². The molecule has 0 saturated carbocycles. The molecule has 0 bridgehead atoms. The van der Waals surface area contributed by atoms with Crippen LogP contribution in [0.5, 0.6) is 0 Å². The number of ether oxygens (including phenoxy) is 2. The van der Waals surface area contributed by atoms with Gasteiger partial charge in [0, 0.05) is 80.2 Å². The van der Waals surface area contributed by atoms with Gasteiger partial charge in [0.15, 0.2) is 0 Å². The fraction of sp³-hybridized carbons (Fsp3) is 0.701. The molecular formula is C77H122N12O14. The molecule has 26 heteroatoms. The van der Waals surface area contributed by atoms with Crippen LogP contribution in [0.25, 0.3) is 0 Å². The number of carbonyl (C=O) groups is 11. The molecule has 4 aliphatic rings. The lowest BCUT2D eigenvalue weighted by atomic mass is 9.97. The van der Waals surface area contributed by atoms with Crippen molar-refractivity contribution in [2.45, 2.75) is 258 Å². The number of hydrogen-bond acceptors (Lipinski definition) is 15. The number of amides is 11. The number of nitrogens with one attached hydrogen (secondary N) is 5. The minimum Gasteiger partial charge on any atom is -0.391 e. The number of aliphatic hydroxyl groups excluding tert-OH is 1. The van der Waals surface area contributed by atoms with Crippen LogP contribution < -0.4 is 26.6 Å². The number of fused-ring (bicyclic) bond motifs is 2. The molecule has 2 aromatic rings. The summed E-state index contributed by atoms with van der Waals surface area (Å²) in [6, 6.07) is 4.95. The van der Waals surface area contributed by atoms with Gasteiger partial charge in [0.25, 0.3) is 0 Å². The minimum absolute atomic E-state index is 0.0228. The van der Waals surface area contributed by atoms with Crippen molar-refractivity contribution in [1.29, 1.82) is 0 Å². The number of likely N-dealkylation sites (N-methyl/N-ethyl adjacent to an activating group) is 4. The quantitative estimate of drug-likeness (QED) is 0.120. The second-order valence-corrected chi connectivity index (χ2v) is 31.5. The maximum absolute atomic E-state index is 15.7. The fourth-order valence-corrected chi connectivity index (χ4v) is 14.3. The highest BCUT2D eigenvalue weighted by Crippen LogP contribution is 2.29. The van der Waals surface area contributed by atoms with Gasteiger partial charge in [-0.15, -0.1) is 0 Å². The van der Waals surface area contributed by atoms with Crippen LogP contribution in [0.1, 0.15) is 172 Å². The summed E-state index contributed by atoms with van der Waals surface area (Å²) in [6.45, 7) is 24.5. The van der Waals surface area contributed by atoms with E-state index in [0.29, 0.717) is 30.6 Å². The molecule has 6 rings (SSSR count). The zero-order valence-corrected chi connectivity index (χ0v) is 64.4. The SMILES string of the molecule is CCO[C@@H]1C[C@H]2C(=O)N[C@@H](COC(C)(C)C)C(=O)N(C)[C@@H](CC(C)C)C(=O)N(C)[C@@H](CC(C)C)C(=O)N3CCC[C@H]3C(=O)N[C@@H]([C@@H](C)O)C(=O)N(C)[C@@H](Cc3ccccc3)C(=O)N[C@@H](Cc3ccccc3)C(=O)N(C)[C@@H](CC(C)C)N[C@H](C(=O)N3CCCCC3)CC(=O)N[C@H](CC(C)C)C(=O)N2C1. The van der Waals surface area contributed by atoms with Gasteiger partial charge in [0.05, 0.1) is 43.0 Å². The van der Waals surface area contributed by atoms with Gasteiger partial charge in [-0.1, -0.05) is 116 Å². The van der Waals surface area contributed by atoms with Gasteiger partial charge < -0.3 is 70.1 Å². The molecule has 4 fully saturated rings. The lowest BCUT2D eigenvalue weighted by molar-refractivity contribution is -0.154. The van der Waals surface area contributed by atoms with Crippen molar-refractivity contribution >= 4 is 65.0 Å². The molecule has 0 unspecified atom stereocenters. The molecule has 0 aromatic heterocycles. The zero-order valence-electron chi connectivity index (χ0n) is 64.4. The molecule has 574 valence electrons. The Morgan fingerprint density at radius 2 is 1.06 bits per heavy atom. The molecule has 103 heavy (non-hydrogen) atoms. The number of nitrogens with zero attached hydrogens (tertiary/aromatic N) is 7. The van der Waals surface area contributed by atoms with Gasteiger partial charge in [0.2, 0.25) is 65.0 Å². The average molecular weight is 1440 g/mol. The van der Waals surface area contributed by atoms with Gasteiger partial charge in [-0.2, -0.15) is 0 Å². The Labute approximate surface area is 611 Å². The van der Waals surface area contributed by atoms with E-state index in [9.17, 15) is 9.90 Å². The highest BCUT2D eigenvalue weighted by atomic mass is 16.5. The van der Waals surface area contributed by atoms with E-state index < -0.39 is 156 Å². The molecule has 2 aromatic carbocycles. The van der Waals surface area contributed by atoms with Gasteiger partial charge >= 0.3 is 0 Å². The van der Waals surface area contributed by atoms with Crippen LogP contribution >= 0.6 is 0 Å². The van der Waals surface area contributed by atoms with Crippen molar-refractivity contribution in [2.75, 3.05) is 67.6 Å². The molecule has 0 spiro atoms. The molecule has 4 saturated heterocycles. The van der Waals surface area contributed by atoms with Crippen LogP contribution in [-0.2, 0) is 75.1 Å². The summed E-state index contributed by atoms with van der Waals surface area (Å²) < 4.78 is 12.4. The summed E-state index contributed by atoms with van der Waals surface area (Å²) >= 11 is 0. The first-order valence-electron chi connectivity index (χ1n) is 37.5. The first-order valence-corrected chi connectivity index (χ1v) is 37.5. The highest BCUT2D eigenvalue weighted by Gasteiger charge is 2.48. The lowest BCUT2D eigenvalue weighted by Gasteiger charge is -2.39. The monoisotopic (exact) mass is 1440 g/mol. The van der Waals surface area contributed by atoms with Gasteiger partial charge in [-0.3, -0.25) is 58.1 Å². The second-order valence-electron chi connectivity index (χ2n) is 31.5. The van der Waals surface area contributed by atoms with Gasteiger partial charge in [0.1, 0.15) is 54.4 Å². The van der Waals surface area contributed by atoms with Gasteiger partial charge in [-0.05, 0) is 127 Å². The Bertz CT molecular complexity index is 3180. The van der Waals surface area contributed by atoms with E-state index >= 15 is 47.9 Å². The van der Waals surface area contributed by atoms with E-state index in [1.165, 1.54) is 52.6 Å². The Hall–Kier alpha value is -7.55. The van der Waals surface area contributed by atoms with Gasteiger partial charge in [-0.25, -0.2) is 0 Å². The topological polar surface area (TPSA) is 309 Å².